The zero-order chi connectivity index (χ0) is 14.5. The Balaban J connectivity index is 1.98. The number of rotatable bonds is 2. The van der Waals surface area contributed by atoms with Crippen molar-refractivity contribution in [1.82, 2.24) is 9.80 Å². The Morgan fingerprint density at radius 3 is 1.60 bits per heavy atom. The molecule has 0 saturated carbocycles. The lowest BCUT2D eigenvalue weighted by Crippen LogP contribution is -2.39. The second kappa shape index (κ2) is 6.10. The minimum atomic E-state index is -0.548. The van der Waals surface area contributed by atoms with Gasteiger partial charge in [0.15, 0.2) is 0 Å². The van der Waals surface area contributed by atoms with Gasteiger partial charge in [0.05, 0.1) is 0 Å². The molecular formula is C14H14N2O4. The van der Waals surface area contributed by atoms with E-state index in [1.165, 1.54) is 12.2 Å². The highest BCUT2D eigenvalue weighted by Crippen LogP contribution is 2.06. The molecule has 0 aliphatic carbocycles. The van der Waals surface area contributed by atoms with Gasteiger partial charge in [-0.05, 0) is 25.0 Å². The summed E-state index contributed by atoms with van der Waals surface area (Å²) in [6.45, 7) is 0.607. The third-order valence-corrected chi connectivity index (χ3v) is 2.99. The monoisotopic (exact) mass is 274 g/mol. The molecule has 0 spiro atoms. The van der Waals surface area contributed by atoms with Gasteiger partial charge in [-0.1, -0.05) is 12.2 Å². The molecular weight excluding hydrogens is 260 g/mol. The predicted molar refractivity (Wildman–Crippen MR) is 70.1 cm³/mol. The second-order valence-corrected chi connectivity index (χ2v) is 4.37. The first-order chi connectivity index (χ1) is 9.59. The van der Waals surface area contributed by atoms with E-state index in [1.54, 1.807) is 12.2 Å². The summed E-state index contributed by atoms with van der Waals surface area (Å²) in [6, 6.07) is 0. The summed E-state index contributed by atoms with van der Waals surface area (Å²) in [5.74, 6) is -1.88. The Hall–Kier alpha value is -2.50. The van der Waals surface area contributed by atoms with E-state index >= 15 is 0 Å². The van der Waals surface area contributed by atoms with E-state index < -0.39 is 23.6 Å². The highest BCUT2D eigenvalue weighted by molar-refractivity contribution is 6.10. The molecule has 2 rings (SSSR count). The number of nitrogens with zero attached hydrogens (tertiary/aromatic N) is 2. The third-order valence-electron chi connectivity index (χ3n) is 2.99. The van der Waals surface area contributed by atoms with Crippen LogP contribution in [0.1, 0.15) is 12.8 Å². The number of imide groups is 2. The Morgan fingerprint density at radius 1 is 0.850 bits per heavy atom. The van der Waals surface area contributed by atoms with Crippen molar-refractivity contribution in [3.8, 4) is 0 Å². The molecule has 20 heavy (non-hydrogen) atoms. The van der Waals surface area contributed by atoms with Gasteiger partial charge in [-0.15, -0.1) is 0 Å². The number of hydrogen-bond donors (Lipinski definition) is 0. The predicted octanol–water partition coefficient (Wildman–Crippen LogP) is 0.173. The minimum Gasteiger partial charge on any atom is -0.275 e. The van der Waals surface area contributed by atoms with E-state index in [0.29, 0.717) is 25.9 Å². The van der Waals surface area contributed by atoms with Crippen LogP contribution in [0.2, 0.25) is 0 Å². The van der Waals surface area contributed by atoms with E-state index in [4.69, 9.17) is 0 Å². The van der Waals surface area contributed by atoms with Crippen molar-refractivity contribution >= 4 is 23.6 Å². The van der Waals surface area contributed by atoms with Crippen LogP contribution in [0.15, 0.2) is 36.5 Å². The SMILES string of the molecule is O=C1C=CCCN1C(=O)C=CC(=O)N1CCC=CC1=O. The lowest BCUT2D eigenvalue weighted by atomic mass is 10.2. The molecule has 0 atom stereocenters. The van der Waals surface area contributed by atoms with Crippen LogP contribution in [-0.4, -0.2) is 46.5 Å². The fraction of sp³-hybridized carbons (Fsp3) is 0.286. The average Bonchev–Trinajstić information content (AvgIpc) is 2.45. The summed E-state index contributed by atoms with van der Waals surface area (Å²) in [5.41, 5.74) is 0. The third kappa shape index (κ3) is 3.09. The second-order valence-electron chi connectivity index (χ2n) is 4.37. The van der Waals surface area contributed by atoms with Crippen molar-refractivity contribution in [3.05, 3.63) is 36.5 Å². The van der Waals surface area contributed by atoms with E-state index in [9.17, 15) is 19.2 Å². The topological polar surface area (TPSA) is 74.8 Å². The van der Waals surface area contributed by atoms with Crippen molar-refractivity contribution in [2.75, 3.05) is 13.1 Å². The van der Waals surface area contributed by atoms with Gasteiger partial charge in [-0.2, -0.15) is 0 Å². The van der Waals surface area contributed by atoms with Gasteiger partial charge >= 0.3 is 0 Å². The maximum absolute atomic E-state index is 11.8. The van der Waals surface area contributed by atoms with Crippen LogP contribution in [0.25, 0.3) is 0 Å². The molecule has 0 aromatic heterocycles. The van der Waals surface area contributed by atoms with Gasteiger partial charge in [-0.25, -0.2) is 0 Å². The molecule has 2 aliphatic rings. The molecule has 0 N–H and O–H groups in total. The number of amides is 4. The fourth-order valence-electron chi connectivity index (χ4n) is 1.94. The van der Waals surface area contributed by atoms with Crippen LogP contribution in [0, 0.1) is 0 Å². The average molecular weight is 274 g/mol. The molecule has 104 valence electrons. The molecule has 2 aliphatic heterocycles. The van der Waals surface area contributed by atoms with Gasteiger partial charge in [0.25, 0.3) is 23.6 Å². The van der Waals surface area contributed by atoms with E-state index in [0.717, 1.165) is 22.0 Å². The molecule has 0 aromatic rings. The fourth-order valence-corrected chi connectivity index (χ4v) is 1.94. The van der Waals surface area contributed by atoms with Crippen LogP contribution >= 0.6 is 0 Å². The Morgan fingerprint density at radius 2 is 1.25 bits per heavy atom. The quantitative estimate of drug-likeness (QED) is 0.673. The maximum atomic E-state index is 11.8. The Kier molecular flexibility index (Phi) is 4.24. The summed E-state index contributed by atoms with van der Waals surface area (Å²) in [6.07, 6.45) is 9.32. The molecule has 2 heterocycles. The maximum Gasteiger partial charge on any atom is 0.253 e. The molecule has 6 heteroatoms. The largest absolute Gasteiger partial charge is 0.275 e. The van der Waals surface area contributed by atoms with Crippen molar-refractivity contribution in [2.45, 2.75) is 12.8 Å². The first kappa shape index (κ1) is 13.9. The summed E-state index contributed by atoms with van der Waals surface area (Å²) in [5, 5.41) is 0. The number of hydrogen-bond acceptors (Lipinski definition) is 4. The van der Waals surface area contributed by atoms with Crippen molar-refractivity contribution in [1.29, 1.82) is 0 Å². The highest BCUT2D eigenvalue weighted by atomic mass is 16.2. The van der Waals surface area contributed by atoms with Gasteiger partial charge in [0, 0.05) is 25.2 Å². The van der Waals surface area contributed by atoms with E-state index in [2.05, 4.69) is 0 Å². The molecule has 0 aromatic carbocycles. The van der Waals surface area contributed by atoms with Crippen LogP contribution in [0.4, 0.5) is 0 Å². The summed E-state index contributed by atoms with van der Waals surface area (Å²) in [7, 11) is 0. The lowest BCUT2D eigenvalue weighted by Gasteiger charge is -2.21. The normalized spacial score (nSPS) is 19.0. The van der Waals surface area contributed by atoms with Crippen LogP contribution in [-0.2, 0) is 19.2 Å². The van der Waals surface area contributed by atoms with Crippen LogP contribution in [0.5, 0.6) is 0 Å². The molecule has 0 bridgehead atoms. The van der Waals surface area contributed by atoms with Crippen molar-refractivity contribution < 1.29 is 19.2 Å². The molecule has 0 radical (unpaired) electrons. The number of carbonyl (C=O) groups excluding carboxylic acids is 4. The lowest BCUT2D eigenvalue weighted by molar-refractivity contribution is -0.141. The summed E-state index contributed by atoms with van der Waals surface area (Å²) in [4.78, 5) is 48.6. The summed E-state index contributed by atoms with van der Waals surface area (Å²) < 4.78 is 0. The standard InChI is InChI=1S/C14H14N2O4/c17-11-5-1-3-9-15(11)13(19)7-8-14(20)16-10-4-2-6-12(16)18/h1-2,5-8H,3-4,9-10H2. The van der Waals surface area contributed by atoms with Crippen LogP contribution in [0.3, 0.4) is 0 Å². The van der Waals surface area contributed by atoms with Gasteiger partial charge in [0.2, 0.25) is 0 Å². The van der Waals surface area contributed by atoms with Crippen molar-refractivity contribution in [2.24, 2.45) is 0 Å². The zero-order valence-corrected chi connectivity index (χ0v) is 10.8. The van der Waals surface area contributed by atoms with Gasteiger partial charge < -0.3 is 0 Å². The van der Waals surface area contributed by atoms with Crippen molar-refractivity contribution in [3.63, 3.8) is 0 Å². The summed E-state index contributed by atoms with van der Waals surface area (Å²) >= 11 is 0. The van der Waals surface area contributed by atoms with Gasteiger partial charge in [0.1, 0.15) is 0 Å². The molecule has 0 unspecified atom stereocenters. The smallest absolute Gasteiger partial charge is 0.253 e. The van der Waals surface area contributed by atoms with E-state index in [1.807, 2.05) is 0 Å². The molecule has 4 amide bonds. The van der Waals surface area contributed by atoms with Gasteiger partial charge in [-0.3, -0.25) is 29.0 Å². The van der Waals surface area contributed by atoms with E-state index in [-0.39, 0.29) is 0 Å². The first-order valence-corrected chi connectivity index (χ1v) is 6.31. The molecule has 0 fully saturated rings. The molecule has 0 saturated heterocycles. The van der Waals surface area contributed by atoms with Crippen LogP contribution < -0.4 is 0 Å². The minimum absolute atomic E-state index is 0.304. The zero-order valence-electron chi connectivity index (χ0n) is 10.8. The highest BCUT2D eigenvalue weighted by Gasteiger charge is 2.21. The molecule has 6 nitrogen and oxygen atoms in total. The Bertz CT molecular complexity index is 497. The number of carbonyl (C=O) groups is 4. The Labute approximate surface area is 116 Å². The first-order valence-electron chi connectivity index (χ1n) is 6.31.